The van der Waals surface area contributed by atoms with Crippen LogP contribution in [0.1, 0.15) is 142 Å². The van der Waals surface area contributed by atoms with Gasteiger partial charge in [0.05, 0.1) is 16.2 Å². The second-order valence-corrected chi connectivity index (χ2v) is 10.5. The molecule has 2 unspecified atom stereocenters. The molecule has 0 fully saturated rings. The Kier molecular flexibility index (Phi) is 25.4. The van der Waals surface area contributed by atoms with Gasteiger partial charge in [-0.25, -0.2) is 8.42 Å². The van der Waals surface area contributed by atoms with E-state index in [9.17, 15) is 18.1 Å². The molecule has 0 radical (unpaired) electrons. The first-order valence-corrected chi connectivity index (χ1v) is 14.0. The second-order valence-electron chi connectivity index (χ2n) is 8.82. The van der Waals surface area contributed by atoms with E-state index < -0.39 is 15.4 Å². The van der Waals surface area contributed by atoms with Crippen LogP contribution >= 0.6 is 0 Å². The van der Waals surface area contributed by atoms with Gasteiger partial charge in [-0.3, -0.25) is 0 Å². The van der Waals surface area contributed by atoms with Gasteiger partial charge in [0.25, 0.3) is 0 Å². The second kappa shape index (κ2) is 23.0. The van der Waals surface area contributed by atoms with Crippen LogP contribution in [0.2, 0.25) is 0 Å². The van der Waals surface area contributed by atoms with Crippen LogP contribution in [0.25, 0.3) is 0 Å². The van der Waals surface area contributed by atoms with E-state index in [1.165, 1.54) is 83.5 Å². The average molecular weight is 457 g/mol. The van der Waals surface area contributed by atoms with Crippen molar-refractivity contribution < 1.29 is 47.6 Å². The molecular weight excluding hydrogens is 407 g/mol. The zero-order valence-corrected chi connectivity index (χ0v) is 23.2. The Morgan fingerprint density at radius 3 is 1.17 bits per heavy atom. The molecule has 0 aromatic heterocycles. The molecule has 0 aliphatic carbocycles. The number of hydrogen-bond acceptors (Lipinski definition) is 4. The van der Waals surface area contributed by atoms with Gasteiger partial charge in [-0.15, -0.1) is 0 Å². The number of aliphatic hydroxyl groups excluding tert-OH is 1. The van der Waals surface area contributed by atoms with E-state index in [0.717, 1.165) is 32.1 Å². The standard InChI is InChI=1S/C24H50O4S.Na/c1-3-23(25)21-19-17-15-13-11-9-7-5-6-8-10-12-14-16-18-20-22-24(4-2)29(26,27)28;/h23-25H,3-22H2,1-2H3,(H,26,27,28);/q;+1/p-1. The van der Waals surface area contributed by atoms with Crippen LogP contribution in [0.3, 0.4) is 0 Å². The largest absolute Gasteiger partial charge is 1.00 e. The van der Waals surface area contributed by atoms with E-state index in [4.69, 9.17) is 0 Å². The van der Waals surface area contributed by atoms with Crippen molar-refractivity contribution in [3.8, 4) is 0 Å². The van der Waals surface area contributed by atoms with E-state index in [-0.39, 0.29) is 35.7 Å². The summed E-state index contributed by atoms with van der Waals surface area (Å²) in [6.45, 7) is 3.83. The van der Waals surface area contributed by atoms with Gasteiger partial charge in [0.15, 0.2) is 0 Å². The van der Waals surface area contributed by atoms with Crippen molar-refractivity contribution in [3.63, 3.8) is 0 Å². The van der Waals surface area contributed by atoms with Crippen LogP contribution in [0.15, 0.2) is 0 Å². The fourth-order valence-electron chi connectivity index (χ4n) is 3.98. The molecule has 0 saturated heterocycles. The van der Waals surface area contributed by atoms with Gasteiger partial charge in [-0.1, -0.05) is 117 Å². The van der Waals surface area contributed by atoms with Crippen molar-refractivity contribution >= 4 is 10.1 Å². The first-order valence-electron chi connectivity index (χ1n) is 12.5. The molecule has 0 aliphatic rings. The zero-order valence-electron chi connectivity index (χ0n) is 20.4. The van der Waals surface area contributed by atoms with Crippen molar-refractivity contribution in [3.05, 3.63) is 0 Å². The minimum absolute atomic E-state index is 0. The molecule has 0 amide bonds. The first kappa shape index (κ1) is 33.0. The summed E-state index contributed by atoms with van der Waals surface area (Å²) in [6, 6.07) is 0. The number of rotatable bonds is 22. The molecule has 2 atom stereocenters. The van der Waals surface area contributed by atoms with Crippen LogP contribution in [0.5, 0.6) is 0 Å². The van der Waals surface area contributed by atoms with Gasteiger partial charge in [-0.2, -0.15) is 0 Å². The molecule has 4 nitrogen and oxygen atoms in total. The van der Waals surface area contributed by atoms with Gasteiger partial charge in [0, 0.05) is 5.25 Å². The fourth-order valence-corrected chi connectivity index (χ4v) is 4.85. The molecule has 30 heavy (non-hydrogen) atoms. The monoisotopic (exact) mass is 456 g/mol. The van der Waals surface area contributed by atoms with Gasteiger partial charge >= 0.3 is 29.6 Å². The minimum atomic E-state index is -4.10. The maximum atomic E-state index is 11.0. The predicted octanol–water partition coefficient (Wildman–Crippen LogP) is 4.11. The van der Waals surface area contributed by atoms with Crippen molar-refractivity contribution in [1.82, 2.24) is 0 Å². The van der Waals surface area contributed by atoms with E-state index in [2.05, 4.69) is 0 Å². The van der Waals surface area contributed by atoms with E-state index in [1.807, 2.05) is 6.92 Å². The third-order valence-electron chi connectivity index (χ3n) is 6.15. The molecule has 0 aromatic carbocycles. The molecule has 0 bridgehead atoms. The Morgan fingerprint density at radius 1 is 0.600 bits per heavy atom. The summed E-state index contributed by atoms with van der Waals surface area (Å²) in [5.74, 6) is 0. The average Bonchev–Trinajstić information content (AvgIpc) is 2.68. The van der Waals surface area contributed by atoms with Crippen LogP contribution in [0, 0.1) is 0 Å². The minimum Gasteiger partial charge on any atom is -0.748 e. The zero-order chi connectivity index (χ0) is 21.8. The smallest absolute Gasteiger partial charge is 0.748 e. The van der Waals surface area contributed by atoms with Crippen LogP contribution in [-0.4, -0.2) is 29.4 Å². The summed E-state index contributed by atoms with van der Waals surface area (Å²) in [5, 5.41) is 8.83. The first-order chi connectivity index (χ1) is 13.9. The number of unbranched alkanes of at least 4 members (excludes halogenated alkanes) is 15. The molecule has 176 valence electrons. The van der Waals surface area contributed by atoms with E-state index in [0.29, 0.717) is 12.8 Å². The summed E-state index contributed by atoms with van der Waals surface area (Å²) in [6.07, 6.45) is 22.9. The summed E-state index contributed by atoms with van der Waals surface area (Å²) in [4.78, 5) is 0. The Labute approximate surface area is 210 Å². The third-order valence-corrected chi connectivity index (χ3v) is 7.53. The molecule has 0 aliphatic heterocycles. The number of hydrogen-bond donors (Lipinski definition) is 1. The summed E-state index contributed by atoms with van der Waals surface area (Å²) >= 11 is 0. The fraction of sp³-hybridized carbons (Fsp3) is 1.00. The van der Waals surface area contributed by atoms with Crippen molar-refractivity contribution in [2.75, 3.05) is 0 Å². The Balaban J connectivity index is 0. The summed E-state index contributed by atoms with van der Waals surface area (Å²) < 4.78 is 33.1. The molecule has 0 saturated carbocycles. The van der Waals surface area contributed by atoms with Crippen LogP contribution in [0.4, 0.5) is 0 Å². The summed E-state index contributed by atoms with van der Waals surface area (Å²) in [7, 11) is -4.10. The Morgan fingerprint density at radius 2 is 0.900 bits per heavy atom. The van der Waals surface area contributed by atoms with Gasteiger partial charge < -0.3 is 9.66 Å². The van der Waals surface area contributed by atoms with Crippen molar-refractivity contribution in [2.45, 2.75) is 154 Å². The SMILES string of the molecule is CCC(O)CCCCCCCCCCCCCCCCCCC(CC)S(=O)(=O)[O-].[Na+]. The van der Waals surface area contributed by atoms with E-state index in [1.54, 1.807) is 6.92 Å². The predicted molar refractivity (Wildman–Crippen MR) is 123 cm³/mol. The molecule has 0 spiro atoms. The van der Waals surface area contributed by atoms with Gasteiger partial charge in [-0.05, 0) is 25.7 Å². The van der Waals surface area contributed by atoms with E-state index >= 15 is 0 Å². The van der Waals surface area contributed by atoms with Crippen LogP contribution in [-0.2, 0) is 10.1 Å². The topological polar surface area (TPSA) is 77.4 Å². The Hall–Kier alpha value is 0.870. The molecule has 0 heterocycles. The van der Waals surface area contributed by atoms with Crippen molar-refractivity contribution in [2.24, 2.45) is 0 Å². The van der Waals surface area contributed by atoms with Gasteiger partial charge in [0.1, 0.15) is 0 Å². The molecule has 1 N–H and O–H groups in total. The maximum Gasteiger partial charge on any atom is 1.00 e. The number of aliphatic hydroxyl groups is 1. The Bertz CT molecular complexity index is 442. The van der Waals surface area contributed by atoms with Crippen LogP contribution < -0.4 is 29.6 Å². The molecular formula is C24H49NaO4S. The molecule has 6 heteroatoms. The normalized spacial score (nSPS) is 13.7. The third kappa shape index (κ3) is 22.1. The molecule has 0 rings (SSSR count). The molecule has 0 aromatic rings. The quantitative estimate of drug-likeness (QED) is 0.151. The summed E-state index contributed by atoms with van der Waals surface area (Å²) in [5.41, 5.74) is 0. The van der Waals surface area contributed by atoms with Gasteiger partial charge in [0.2, 0.25) is 0 Å². The van der Waals surface area contributed by atoms with Crippen molar-refractivity contribution in [1.29, 1.82) is 0 Å². The maximum absolute atomic E-state index is 11.0.